The predicted octanol–water partition coefficient (Wildman–Crippen LogP) is 4.75. The van der Waals surface area contributed by atoms with E-state index in [1.54, 1.807) is 26.2 Å². The minimum absolute atomic E-state index is 0.00339. The smallest absolute Gasteiger partial charge is 0.407 e. The first-order valence-electron chi connectivity index (χ1n) is 11.7. The highest BCUT2D eigenvalue weighted by atomic mass is 32.2. The number of alkyl halides is 3. The maximum atomic E-state index is 14.5. The Labute approximate surface area is 212 Å². The van der Waals surface area contributed by atoms with Gasteiger partial charge in [0.1, 0.15) is 11.9 Å². The summed E-state index contributed by atoms with van der Waals surface area (Å²) in [6.07, 6.45) is -2.09. The Morgan fingerprint density at radius 3 is 2.43 bits per heavy atom. The highest BCUT2D eigenvalue weighted by molar-refractivity contribution is 7.89. The molecule has 1 aliphatic rings. The summed E-state index contributed by atoms with van der Waals surface area (Å²) in [4.78, 5) is 20.1. The van der Waals surface area contributed by atoms with Crippen molar-refractivity contribution >= 4 is 27.8 Å². The number of halogens is 4. The van der Waals surface area contributed by atoms with Crippen molar-refractivity contribution in [2.75, 3.05) is 5.32 Å². The van der Waals surface area contributed by atoms with Crippen molar-refractivity contribution in [3.8, 4) is 0 Å². The Hall–Kier alpha value is -3.00. The fourth-order valence-electron chi connectivity index (χ4n) is 4.01. The topological polar surface area (TPSA) is 122 Å². The largest absolute Gasteiger partial charge is 0.446 e. The van der Waals surface area contributed by atoms with Gasteiger partial charge >= 0.3 is 12.3 Å². The average molecular weight is 548 g/mol. The van der Waals surface area contributed by atoms with E-state index in [2.05, 4.69) is 25.3 Å². The molecule has 0 bridgehead atoms. The van der Waals surface area contributed by atoms with Crippen molar-refractivity contribution in [1.29, 1.82) is 0 Å². The maximum absolute atomic E-state index is 14.5. The number of nitrogens with one attached hydrogen (secondary N) is 3. The van der Waals surface area contributed by atoms with E-state index >= 15 is 0 Å². The first-order chi connectivity index (χ1) is 17.2. The van der Waals surface area contributed by atoms with Crippen molar-refractivity contribution in [2.24, 2.45) is 0 Å². The second-order valence-corrected chi connectivity index (χ2v) is 11.0. The number of anilines is 2. The van der Waals surface area contributed by atoms with Crippen LogP contribution in [0.1, 0.15) is 57.9 Å². The van der Waals surface area contributed by atoms with E-state index in [1.807, 2.05) is 0 Å². The molecule has 1 aromatic heterocycles. The van der Waals surface area contributed by atoms with Crippen LogP contribution < -0.4 is 15.4 Å². The van der Waals surface area contributed by atoms with E-state index in [1.165, 1.54) is 19.1 Å². The van der Waals surface area contributed by atoms with E-state index in [4.69, 9.17) is 4.74 Å². The third-order valence-electron chi connectivity index (χ3n) is 5.59. The van der Waals surface area contributed by atoms with Crippen molar-refractivity contribution in [3.63, 3.8) is 0 Å². The molecule has 1 aromatic carbocycles. The molecule has 1 amide bonds. The predicted molar refractivity (Wildman–Crippen MR) is 127 cm³/mol. The Balaban J connectivity index is 1.54. The van der Waals surface area contributed by atoms with Crippen LogP contribution in [-0.2, 0) is 14.8 Å². The summed E-state index contributed by atoms with van der Waals surface area (Å²) < 4.78 is 83.8. The van der Waals surface area contributed by atoms with Crippen molar-refractivity contribution in [1.82, 2.24) is 20.0 Å². The molecule has 0 radical (unpaired) electrons. The lowest BCUT2D eigenvalue weighted by molar-refractivity contribution is -0.138. The molecule has 2 aromatic rings. The number of alkyl carbamates (subject to hydrolysis) is 1. The van der Waals surface area contributed by atoms with Gasteiger partial charge in [-0.15, -0.1) is 0 Å². The Kier molecular flexibility index (Phi) is 8.95. The fraction of sp³-hybridized carbons (Fsp3) is 0.522. The van der Waals surface area contributed by atoms with Crippen LogP contribution in [0.15, 0.2) is 35.5 Å². The third kappa shape index (κ3) is 8.52. The molecule has 1 saturated carbocycles. The Morgan fingerprint density at radius 1 is 1.16 bits per heavy atom. The number of aromatic nitrogens is 2. The first-order valence-corrected chi connectivity index (χ1v) is 13.1. The second-order valence-electron chi connectivity index (χ2n) is 9.28. The van der Waals surface area contributed by atoms with Gasteiger partial charge in [-0.2, -0.15) is 13.2 Å². The summed E-state index contributed by atoms with van der Waals surface area (Å²) in [5.41, 5.74) is 0.764. The molecule has 1 aliphatic carbocycles. The number of benzene rings is 1. The van der Waals surface area contributed by atoms with E-state index in [0.29, 0.717) is 19.3 Å². The molecule has 14 heteroatoms. The molecule has 1 unspecified atom stereocenters. The van der Waals surface area contributed by atoms with Crippen LogP contribution in [0.3, 0.4) is 0 Å². The van der Waals surface area contributed by atoms with Gasteiger partial charge in [0.25, 0.3) is 0 Å². The molecule has 204 valence electrons. The number of carbonyl (C=O) groups is 1. The van der Waals surface area contributed by atoms with E-state index in [-0.39, 0.29) is 28.5 Å². The lowest BCUT2D eigenvalue weighted by atomic mass is 10.0. The van der Waals surface area contributed by atoms with Crippen LogP contribution >= 0.6 is 0 Å². The van der Waals surface area contributed by atoms with E-state index in [0.717, 1.165) is 11.6 Å². The van der Waals surface area contributed by atoms with E-state index < -0.39 is 46.7 Å². The van der Waals surface area contributed by atoms with Crippen LogP contribution in [0, 0.1) is 5.82 Å². The standard InChI is InChI=1S/C23H29F4N5O4S/c1-13(2)32-37(34,35)18-6-7-20(19(24)9-18)31-21-28-11-16(12-29-21)15-4-5-17(8-15)36-22(33)30-14(3)10-23(25,26)27/h6-7,9,11-15,17,32H,4-5,8,10H2,1-3H3,(H,30,33)(H,28,29,31)/t14-,15-,17?/m0/s1. The van der Waals surface area contributed by atoms with Crippen LogP contribution in [0.4, 0.5) is 34.0 Å². The minimum atomic E-state index is -4.38. The highest BCUT2D eigenvalue weighted by Crippen LogP contribution is 2.36. The minimum Gasteiger partial charge on any atom is -0.446 e. The van der Waals surface area contributed by atoms with Crippen LogP contribution in [0.5, 0.6) is 0 Å². The summed E-state index contributed by atoms with van der Waals surface area (Å²) in [7, 11) is -3.84. The summed E-state index contributed by atoms with van der Waals surface area (Å²) >= 11 is 0. The number of amides is 1. The van der Waals surface area contributed by atoms with Gasteiger partial charge < -0.3 is 15.4 Å². The van der Waals surface area contributed by atoms with Gasteiger partial charge in [-0.1, -0.05) is 0 Å². The number of rotatable bonds is 9. The first kappa shape index (κ1) is 28.6. The molecule has 0 spiro atoms. The summed E-state index contributed by atoms with van der Waals surface area (Å²) in [5.74, 6) is -0.713. The number of hydrogen-bond donors (Lipinski definition) is 3. The zero-order chi connectivity index (χ0) is 27.4. The number of ether oxygens (including phenoxy) is 1. The molecule has 0 saturated heterocycles. The average Bonchev–Trinajstić information content (AvgIpc) is 3.21. The molecule has 37 heavy (non-hydrogen) atoms. The molecular weight excluding hydrogens is 518 g/mol. The normalized spacial score (nSPS) is 19.0. The van der Waals surface area contributed by atoms with Gasteiger partial charge in [-0.05, 0) is 69.7 Å². The molecule has 0 aliphatic heterocycles. The maximum Gasteiger partial charge on any atom is 0.407 e. The lowest BCUT2D eigenvalue weighted by Crippen LogP contribution is -2.37. The molecule has 3 atom stereocenters. The zero-order valence-electron chi connectivity index (χ0n) is 20.5. The molecule has 3 rings (SSSR count). The fourth-order valence-corrected chi connectivity index (χ4v) is 5.27. The number of hydrogen-bond acceptors (Lipinski definition) is 7. The third-order valence-corrected chi connectivity index (χ3v) is 7.25. The van der Waals surface area contributed by atoms with Crippen LogP contribution in [-0.4, -0.2) is 48.8 Å². The monoisotopic (exact) mass is 547 g/mol. The SMILES string of the molecule is CC(C)NS(=O)(=O)c1ccc(Nc2ncc([C@H]3CCC(OC(=O)N[C@@H](C)CC(F)(F)F)C3)cn2)c(F)c1. The molecule has 1 fully saturated rings. The highest BCUT2D eigenvalue weighted by Gasteiger charge is 2.32. The second kappa shape index (κ2) is 11.6. The molecule has 1 heterocycles. The Bertz CT molecular complexity index is 1190. The van der Waals surface area contributed by atoms with Gasteiger partial charge in [0.05, 0.1) is 17.0 Å². The van der Waals surface area contributed by atoms with Crippen molar-refractivity contribution in [2.45, 2.75) is 81.6 Å². The number of nitrogens with zero attached hydrogens (tertiary/aromatic N) is 2. The van der Waals surface area contributed by atoms with Gasteiger partial charge in [0.2, 0.25) is 16.0 Å². The molecule has 9 nitrogen and oxygen atoms in total. The Morgan fingerprint density at radius 2 is 1.84 bits per heavy atom. The van der Waals surface area contributed by atoms with Gasteiger partial charge in [-0.25, -0.2) is 32.3 Å². The molecular formula is C23H29F4N5O4S. The summed E-state index contributed by atoms with van der Waals surface area (Å²) in [5, 5.41) is 4.90. The summed E-state index contributed by atoms with van der Waals surface area (Å²) in [6.45, 7) is 4.57. The molecule has 3 N–H and O–H groups in total. The van der Waals surface area contributed by atoms with Crippen molar-refractivity contribution in [3.05, 3.63) is 42.0 Å². The lowest BCUT2D eigenvalue weighted by Gasteiger charge is -2.18. The number of carbonyl (C=O) groups excluding carboxylic acids is 1. The van der Waals surface area contributed by atoms with Gasteiger partial charge in [0, 0.05) is 24.5 Å². The number of sulfonamides is 1. The van der Waals surface area contributed by atoms with Crippen LogP contribution in [0.2, 0.25) is 0 Å². The zero-order valence-corrected chi connectivity index (χ0v) is 21.3. The van der Waals surface area contributed by atoms with Crippen LogP contribution in [0.25, 0.3) is 0 Å². The van der Waals surface area contributed by atoms with E-state index in [9.17, 15) is 30.8 Å². The van der Waals surface area contributed by atoms with Gasteiger partial charge in [-0.3, -0.25) is 0 Å². The van der Waals surface area contributed by atoms with Gasteiger partial charge in [0.15, 0.2) is 0 Å². The summed E-state index contributed by atoms with van der Waals surface area (Å²) in [6, 6.07) is 2.01. The van der Waals surface area contributed by atoms with Crippen molar-refractivity contribution < 1.29 is 35.5 Å². The quantitative estimate of drug-likeness (QED) is 0.387.